The van der Waals surface area contributed by atoms with Crippen LogP contribution in [0.5, 0.6) is 0 Å². The van der Waals surface area contributed by atoms with Crippen molar-refractivity contribution in [3.63, 3.8) is 0 Å². The highest BCUT2D eigenvalue weighted by Crippen LogP contribution is 2.22. The normalized spacial score (nSPS) is 15.3. The van der Waals surface area contributed by atoms with Gasteiger partial charge in [0.05, 0.1) is 5.69 Å². The highest BCUT2D eigenvalue weighted by atomic mass is 32.2. The summed E-state index contributed by atoms with van der Waals surface area (Å²) in [4.78, 5) is 28.1. The second-order valence-electron chi connectivity index (χ2n) is 9.44. The van der Waals surface area contributed by atoms with Gasteiger partial charge in [-0.2, -0.15) is 12.7 Å². The molecule has 8 nitrogen and oxygen atoms in total. The minimum atomic E-state index is -4.13. The summed E-state index contributed by atoms with van der Waals surface area (Å²) < 4.78 is 55.0. The van der Waals surface area contributed by atoms with Gasteiger partial charge in [0.2, 0.25) is 11.8 Å². The maximum Gasteiger partial charge on any atom is 0.304 e. The van der Waals surface area contributed by atoms with Gasteiger partial charge in [-0.3, -0.25) is 9.59 Å². The zero-order chi connectivity index (χ0) is 27.2. The Kier molecular flexibility index (Phi) is 9.61. The van der Waals surface area contributed by atoms with Gasteiger partial charge in [0.1, 0.15) is 24.2 Å². The Balaban J connectivity index is 1.90. The van der Waals surface area contributed by atoms with E-state index < -0.39 is 40.3 Å². The SMILES string of the molecule is C[C@@H](C(=O)NC1CCCCC1)N(Cc1ccc(F)cc1)C(=O)CN(c1ccc(F)cc1)S(=O)(=O)N(C)C. The molecule has 202 valence electrons. The first-order valence-electron chi connectivity index (χ1n) is 12.3. The lowest BCUT2D eigenvalue weighted by atomic mass is 9.95. The standard InChI is InChI=1S/C26H34F2N4O4S/c1-19(26(34)29-23-7-5-4-6-8-23)31(17-20-9-11-21(27)12-10-20)25(33)18-32(37(35,36)30(2)3)24-15-13-22(28)14-16-24/h9-16,19,23H,4-8,17-18H2,1-3H3,(H,29,34)/t19-/m0/s1. The van der Waals surface area contributed by atoms with E-state index in [0.29, 0.717) is 5.56 Å². The van der Waals surface area contributed by atoms with Gasteiger partial charge in [-0.25, -0.2) is 13.1 Å². The van der Waals surface area contributed by atoms with Gasteiger partial charge in [0, 0.05) is 26.7 Å². The van der Waals surface area contributed by atoms with Gasteiger partial charge >= 0.3 is 10.2 Å². The lowest BCUT2D eigenvalue weighted by Gasteiger charge is -2.33. The summed E-state index contributed by atoms with van der Waals surface area (Å²) in [6.45, 7) is 0.939. The van der Waals surface area contributed by atoms with E-state index in [9.17, 15) is 26.8 Å². The molecule has 2 aromatic carbocycles. The van der Waals surface area contributed by atoms with Crippen molar-refractivity contribution >= 4 is 27.7 Å². The van der Waals surface area contributed by atoms with E-state index in [2.05, 4.69) is 5.32 Å². The van der Waals surface area contributed by atoms with Crippen LogP contribution in [0.25, 0.3) is 0 Å². The first-order chi connectivity index (χ1) is 17.5. The van der Waals surface area contributed by atoms with Crippen LogP contribution in [0.1, 0.15) is 44.6 Å². The lowest BCUT2D eigenvalue weighted by molar-refractivity contribution is -0.139. The second-order valence-corrected chi connectivity index (χ2v) is 11.5. The van der Waals surface area contributed by atoms with Crippen molar-refractivity contribution < 1.29 is 26.8 Å². The van der Waals surface area contributed by atoms with Crippen molar-refractivity contribution in [1.82, 2.24) is 14.5 Å². The van der Waals surface area contributed by atoms with Crippen LogP contribution in [0.15, 0.2) is 48.5 Å². The van der Waals surface area contributed by atoms with Crippen LogP contribution in [0.3, 0.4) is 0 Å². The summed E-state index contributed by atoms with van der Waals surface area (Å²) >= 11 is 0. The maximum absolute atomic E-state index is 13.6. The number of hydrogen-bond acceptors (Lipinski definition) is 4. The van der Waals surface area contributed by atoms with Gasteiger partial charge < -0.3 is 10.2 Å². The zero-order valence-corrected chi connectivity index (χ0v) is 22.2. The minimum absolute atomic E-state index is 0.0244. The fourth-order valence-electron chi connectivity index (χ4n) is 4.26. The van der Waals surface area contributed by atoms with Gasteiger partial charge in [-0.15, -0.1) is 0 Å². The number of benzene rings is 2. The quantitative estimate of drug-likeness (QED) is 0.504. The Morgan fingerprint density at radius 1 is 0.946 bits per heavy atom. The zero-order valence-electron chi connectivity index (χ0n) is 21.4. The first kappa shape index (κ1) is 28.5. The highest BCUT2D eigenvalue weighted by molar-refractivity contribution is 7.90. The summed E-state index contributed by atoms with van der Waals surface area (Å²) in [7, 11) is -1.48. The first-order valence-corrected chi connectivity index (χ1v) is 13.7. The molecule has 0 unspecified atom stereocenters. The minimum Gasteiger partial charge on any atom is -0.352 e. The van der Waals surface area contributed by atoms with Crippen molar-refractivity contribution in [1.29, 1.82) is 0 Å². The molecule has 0 bridgehead atoms. The topological polar surface area (TPSA) is 90.0 Å². The summed E-state index contributed by atoms with van der Waals surface area (Å²) in [6, 6.07) is 9.39. The molecule has 0 radical (unpaired) electrons. The molecule has 2 aromatic rings. The largest absolute Gasteiger partial charge is 0.352 e. The molecular weight excluding hydrogens is 502 g/mol. The van der Waals surface area contributed by atoms with Crippen molar-refractivity contribution in [2.45, 2.75) is 57.7 Å². The summed E-state index contributed by atoms with van der Waals surface area (Å²) in [5.41, 5.74) is 0.681. The van der Waals surface area contributed by atoms with E-state index in [0.717, 1.165) is 52.8 Å². The fourth-order valence-corrected chi connectivity index (χ4v) is 5.32. The Bertz CT molecular complexity index is 1170. The summed E-state index contributed by atoms with van der Waals surface area (Å²) in [6.07, 6.45) is 4.89. The van der Waals surface area contributed by atoms with Crippen LogP contribution in [0.4, 0.5) is 14.5 Å². The Labute approximate surface area is 217 Å². The van der Waals surface area contributed by atoms with Crippen LogP contribution < -0.4 is 9.62 Å². The van der Waals surface area contributed by atoms with Crippen molar-refractivity contribution in [2.75, 3.05) is 24.9 Å². The molecule has 0 saturated heterocycles. The molecule has 11 heteroatoms. The summed E-state index contributed by atoms with van der Waals surface area (Å²) in [5, 5.41) is 3.01. The van der Waals surface area contributed by atoms with Crippen LogP contribution in [0, 0.1) is 11.6 Å². The molecule has 0 spiro atoms. The number of carbonyl (C=O) groups excluding carboxylic acids is 2. The third-order valence-electron chi connectivity index (χ3n) is 6.52. The van der Waals surface area contributed by atoms with E-state index in [1.165, 1.54) is 55.4 Å². The number of nitrogens with zero attached hydrogens (tertiary/aromatic N) is 3. The molecule has 1 aliphatic carbocycles. The number of amides is 2. The molecule has 0 heterocycles. The molecule has 0 aromatic heterocycles. The number of halogens is 2. The maximum atomic E-state index is 13.6. The Morgan fingerprint density at radius 2 is 1.49 bits per heavy atom. The number of rotatable bonds is 10. The van der Waals surface area contributed by atoms with Crippen LogP contribution in [-0.4, -0.2) is 62.2 Å². The molecule has 1 fully saturated rings. The molecule has 1 N–H and O–H groups in total. The van der Waals surface area contributed by atoms with Crippen LogP contribution >= 0.6 is 0 Å². The van der Waals surface area contributed by atoms with Crippen LogP contribution in [-0.2, 0) is 26.3 Å². The predicted molar refractivity (Wildman–Crippen MR) is 138 cm³/mol. The van der Waals surface area contributed by atoms with E-state index in [1.807, 2.05) is 0 Å². The van der Waals surface area contributed by atoms with Crippen LogP contribution in [0.2, 0.25) is 0 Å². The lowest BCUT2D eigenvalue weighted by Crippen LogP contribution is -2.53. The predicted octanol–water partition coefficient (Wildman–Crippen LogP) is 3.44. The number of hydrogen-bond donors (Lipinski definition) is 1. The number of carbonyl (C=O) groups is 2. The van der Waals surface area contributed by atoms with Crippen molar-refractivity contribution in [2.24, 2.45) is 0 Å². The molecular formula is C26H34F2N4O4S. The van der Waals surface area contributed by atoms with E-state index in [4.69, 9.17) is 0 Å². The van der Waals surface area contributed by atoms with E-state index >= 15 is 0 Å². The molecule has 37 heavy (non-hydrogen) atoms. The fraction of sp³-hybridized carbons (Fsp3) is 0.462. The van der Waals surface area contributed by atoms with Gasteiger partial charge in [-0.1, -0.05) is 31.4 Å². The Morgan fingerprint density at radius 3 is 2.03 bits per heavy atom. The van der Waals surface area contributed by atoms with Gasteiger partial charge in [0.25, 0.3) is 0 Å². The molecule has 1 aliphatic rings. The van der Waals surface area contributed by atoms with Crippen molar-refractivity contribution in [3.05, 3.63) is 65.7 Å². The number of anilines is 1. The van der Waals surface area contributed by atoms with E-state index in [-0.39, 0.29) is 24.2 Å². The monoisotopic (exact) mass is 536 g/mol. The average Bonchev–Trinajstić information content (AvgIpc) is 2.87. The third kappa shape index (κ3) is 7.48. The van der Waals surface area contributed by atoms with Gasteiger partial charge in [-0.05, 0) is 61.7 Å². The molecule has 1 atom stereocenters. The van der Waals surface area contributed by atoms with Crippen molar-refractivity contribution in [3.8, 4) is 0 Å². The molecule has 3 rings (SSSR count). The average molecular weight is 537 g/mol. The number of nitrogens with one attached hydrogen (secondary N) is 1. The summed E-state index contributed by atoms with van der Waals surface area (Å²) in [5.74, 6) is -1.97. The molecule has 2 amide bonds. The molecule has 1 saturated carbocycles. The smallest absolute Gasteiger partial charge is 0.304 e. The highest BCUT2D eigenvalue weighted by Gasteiger charge is 2.33. The Hall–Kier alpha value is -3.05. The molecule has 0 aliphatic heterocycles. The van der Waals surface area contributed by atoms with Gasteiger partial charge in [0.15, 0.2) is 0 Å². The second kappa shape index (κ2) is 12.5. The van der Waals surface area contributed by atoms with E-state index in [1.54, 1.807) is 6.92 Å². The third-order valence-corrected chi connectivity index (χ3v) is 8.34.